The second kappa shape index (κ2) is 12.6. The molecule has 234 valence electrons. The lowest BCUT2D eigenvalue weighted by atomic mass is 10.0. The molecule has 2 fully saturated rings. The Morgan fingerprint density at radius 2 is 1.76 bits per heavy atom. The molecule has 3 aromatic heterocycles. The minimum atomic E-state index is -0.202. The molecule has 0 unspecified atom stereocenters. The maximum atomic E-state index is 13.0. The van der Waals surface area contributed by atoms with Gasteiger partial charge in [-0.3, -0.25) is 19.0 Å². The van der Waals surface area contributed by atoms with Crippen molar-refractivity contribution in [1.82, 2.24) is 29.4 Å². The lowest BCUT2D eigenvalue weighted by Gasteiger charge is -2.32. The molecule has 0 spiro atoms. The van der Waals surface area contributed by atoms with Gasteiger partial charge in [0.1, 0.15) is 11.5 Å². The van der Waals surface area contributed by atoms with Crippen LogP contribution >= 0.6 is 0 Å². The molecule has 1 atom stereocenters. The number of fused-ring (bicyclic) bond motifs is 1. The quantitative estimate of drug-likeness (QED) is 0.231. The molecular weight excluding hydrogens is 580 g/mol. The third-order valence-corrected chi connectivity index (χ3v) is 8.91. The van der Waals surface area contributed by atoms with Gasteiger partial charge in [0.25, 0.3) is 5.91 Å². The number of likely N-dealkylation sites (tertiary alicyclic amines) is 1. The number of rotatable bonds is 7. The number of hydrogen-bond donors (Lipinski definition) is 2. The van der Waals surface area contributed by atoms with Gasteiger partial charge in [-0.25, -0.2) is 4.98 Å². The van der Waals surface area contributed by atoms with E-state index in [1.807, 2.05) is 62.9 Å². The predicted octanol–water partition coefficient (Wildman–Crippen LogP) is 5.50. The Morgan fingerprint density at radius 1 is 0.978 bits per heavy atom. The van der Waals surface area contributed by atoms with E-state index in [-0.39, 0.29) is 23.9 Å². The van der Waals surface area contributed by atoms with Crippen molar-refractivity contribution < 1.29 is 14.3 Å². The molecule has 11 heteroatoms. The minimum Gasteiger partial charge on any atom is -0.383 e. The number of nitrogens with one attached hydrogen (secondary N) is 1. The third-order valence-electron chi connectivity index (χ3n) is 8.91. The molecule has 2 aliphatic rings. The predicted molar refractivity (Wildman–Crippen MR) is 177 cm³/mol. The molecule has 46 heavy (non-hydrogen) atoms. The van der Waals surface area contributed by atoms with Gasteiger partial charge in [-0.05, 0) is 56.0 Å². The monoisotopic (exact) mass is 616 g/mol. The average molecular weight is 617 g/mol. The van der Waals surface area contributed by atoms with Crippen LogP contribution in [0.3, 0.4) is 0 Å². The van der Waals surface area contributed by atoms with E-state index in [2.05, 4.69) is 23.1 Å². The fraction of sp³-hybridized carbons (Fsp3) is 0.286. The first-order valence-corrected chi connectivity index (χ1v) is 15.7. The molecule has 5 heterocycles. The van der Waals surface area contributed by atoms with Gasteiger partial charge in [0.05, 0.1) is 29.2 Å². The maximum absolute atomic E-state index is 13.0. The molecule has 2 aromatic carbocycles. The van der Waals surface area contributed by atoms with Crippen molar-refractivity contribution in [3.63, 3.8) is 0 Å². The molecule has 2 aliphatic heterocycles. The Labute approximate surface area is 266 Å². The van der Waals surface area contributed by atoms with E-state index in [1.165, 1.54) is 6.08 Å². The average Bonchev–Trinajstić information content (AvgIpc) is 3.76. The standard InChI is InChI=1S/C35H36N8O3/c1-2-30(44)41-16-6-9-28(22-41)43-33-29(25-19-38-42(21-25)27-14-17-46-18-15-27)20-37-34(36)31(33)32(40-43)23-10-12-24(13-11-23)35(45)39-26-7-4-3-5-8-26/h2-5,7-8,10-13,19-21,27-28H,1,6,9,14-18,22H2,(H2,36,37)(H,39,45)/t28-/m1/s1. The van der Waals surface area contributed by atoms with Crippen LogP contribution in [0.4, 0.5) is 11.5 Å². The van der Waals surface area contributed by atoms with E-state index in [0.29, 0.717) is 30.2 Å². The van der Waals surface area contributed by atoms with Gasteiger partial charge in [-0.15, -0.1) is 0 Å². The molecule has 0 bridgehead atoms. The van der Waals surface area contributed by atoms with Crippen LogP contribution in [0.25, 0.3) is 33.3 Å². The van der Waals surface area contributed by atoms with Crippen LogP contribution in [0, 0.1) is 0 Å². The highest BCUT2D eigenvalue weighted by molar-refractivity contribution is 6.08. The number of benzene rings is 2. The Balaban J connectivity index is 1.31. The molecule has 0 aliphatic carbocycles. The van der Waals surface area contributed by atoms with Crippen molar-refractivity contribution in [2.24, 2.45) is 0 Å². The fourth-order valence-electron chi connectivity index (χ4n) is 6.49. The van der Waals surface area contributed by atoms with Crippen molar-refractivity contribution in [2.75, 3.05) is 37.4 Å². The number of nitrogens with zero attached hydrogens (tertiary/aromatic N) is 6. The summed E-state index contributed by atoms with van der Waals surface area (Å²) in [6.45, 7) is 6.31. The van der Waals surface area contributed by atoms with E-state index >= 15 is 0 Å². The number of pyridine rings is 1. The number of carbonyl (C=O) groups excluding carboxylic acids is 2. The lowest BCUT2D eigenvalue weighted by Crippen LogP contribution is -2.40. The highest BCUT2D eigenvalue weighted by Crippen LogP contribution is 2.40. The van der Waals surface area contributed by atoms with E-state index < -0.39 is 0 Å². The van der Waals surface area contributed by atoms with Crippen molar-refractivity contribution in [3.8, 4) is 22.4 Å². The van der Waals surface area contributed by atoms with E-state index in [4.69, 9.17) is 20.7 Å². The van der Waals surface area contributed by atoms with Gasteiger partial charge in [-0.1, -0.05) is 36.9 Å². The number of anilines is 2. The van der Waals surface area contributed by atoms with Crippen LogP contribution in [0.15, 0.2) is 85.8 Å². The summed E-state index contributed by atoms with van der Waals surface area (Å²) in [6.07, 6.45) is 10.6. The van der Waals surface area contributed by atoms with Gasteiger partial charge in [0.15, 0.2) is 0 Å². The second-order valence-electron chi connectivity index (χ2n) is 11.8. The SMILES string of the molecule is C=CC(=O)N1CCC[C@@H](n2nc(-c3ccc(C(=O)Nc4ccccc4)cc3)c3c(N)ncc(-c4cnn(C5CCOCC5)c4)c32)C1. The summed E-state index contributed by atoms with van der Waals surface area (Å²) in [5.41, 5.74) is 12.0. The number of nitrogen functional groups attached to an aromatic ring is 1. The molecule has 3 N–H and O–H groups in total. The molecule has 2 saturated heterocycles. The highest BCUT2D eigenvalue weighted by atomic mass is 16.5. The lowest BCUT2D eigenvalue weighted by molar-refractivity contribution is -0.127. The summed E-state index contributed by atoms with van der Waals surface area (Å²) < 4.78 is 9.59. The first kappa shape index (κ1) is 29.4. The van der Waals surface area contributed by atoms with Gasteiger partial charge in [-0.2, -0.15) is 10.2 Å². The molecule has 0 saturated carbocycles. The van der Waals surface area contributed by atoms with Gasteiger partial charge >= 0.3 is 0 Å². The van der Waals surface area contributed by atoms with Gasteiger partial charge in [0.2, 0.25) is 5.91 Å². The third kappa shape index (κ3) is 5.65. The fourth-order valence-corrected chi connectivity index (χ4v) is 6.49. The number of amides is 2. The topological polar surface area (TPSA) is 133 Å². The van der Waals surface area contributed by atoms with Crippen LogP contribution in [-0.4, -0.2) is 67.6 Å². The first-order chi connectivity index (χ1) is 22.5. The number of carbonyl (C=O) groups is 2. The molecule has 7 rings (SSSR count). The number of piperidine rings is 1. The Bertz CT molecular complexity index is 1890. The van der Waals surface area contributed by atoms with Crippen LogP contribution in [0.1, 0.15) is 48.1 Å². The number of hydrogen-bond acceptors (Lipinski definition) is 7. The smallest absolute Gasteiger partial charge is 0.255 e. The number of aromatic nitrogens is 5. The van der Waals surface area contributed by atoms with Gasteiger partial charge in [0, 0.05) is 66.6 Å². The summed E-state index contributed by atoms with van der Waals surface area (Å²) in [6, 6.07) is 16.9. The van der Waals surface area contributed by atoms with Crippen LogP contribution < -0.4 is 11.1 Å². The second-order valence-corrected chi connectivity index (χ2v) is 11.8. The van der Waals surface area contributed by atoms with Crippen LogP contribution in [-0.2, 0) is 9.53 Å². The number of ether oxygens (including phenoxy) is 1. The zero-order valence-corrected chi connectivity index (χ0v) is 25.5. The molecule has 11 nitrogen and oxygen atoms in total. The normalized spacial score (nSPS) is 17.2. The largest absolute Gasteiger partial charge is 0.383 e. The molecule has 5 aromatic rings. The van der Waals surface area contributed by atoms with Crippen molar-refractivity contribution in [1.29, 1.82) is 0 Å². The first-order valence-electron chi connectivity index (χ1n) is 15.7. The Morgan fingerprint density at radius 3 is 2.52 bits per heavy atom. The Kier molecular flexibility index (Phi) is 8.06. The summed E-state index contributed by atoms with van der Waals surface area (Å²) in [4.78, 5) is 32.0. The van der Waals surface area contributed by atoms with Crippen LogP contribution in [0.2, 0.25) is 0 Å². The van der Waals surface area contributed by atoms with Crippen LogP contribution in [0.5, 0.6) is 0 Å². The van der Waals surface area contributed by atoms with Crippen molar-refractivity contribution >= 4 is 34.2 Å². The van der Waals surface area contributed by atoms with Crippen molar-refractivity contribution in [3.05, 3.63) is 91.4 Å². The molecule has 0 radical (unpaired) electrons. The highest BCUT2D eigenvalue weighted by Gasteiger charge is 2.29. The summed E-state index contributed by atoms with van der Waals surface area (Å²) in [5.74, 6) is 0.0646. The molecule has 2 amide bonds. The van der Waals surface area contributed by atoms with E-state index in [9.17, 15) is 9.59 Å². The summed E-state index contributed by atoms with van der Waals surface area (Å²) >= 11 is 0. The van der Waals surface area contributed by atoms with E-state index in [0.717, 1.165) is 72.2 Å². The zero-order chi connectivity index (χ0) is 31.6. The minimum absolute atomic E-state index is 0.0871. The zero-order valence-electron chi connectivity index (χ0n) is 25.5. The molecular formula is C35H36N8O3. The maximum Gasteiger partial charge on any atom is 0.255 e. The summed E-state index contributed by atoms with van der Waals surface area (Å²) in [7, 11) is 0. The Hall–Kier alpha value is -5.29. The summed E-state index contributed by atoms with van der Waals surface area (Å²) in [5, 5.41) is 13.6. The number of nitrogens with two attached hydrogens (primary N) is 1. The van der Waals surface area contributed by atoms with E-state index in [1.54, 1.807) is 18.3 Å². The number of para-hydroxylation sites is 1. The van der Waals surface area contributed by atoms with Crippen molar-refractivity contribution in [2.45, 2.75) is 37.8 Å². The van der Waals surface area contributed by atoms with Gasteiger partial charge < -0.3 is 20.7 Å².